The summed E-state index contributed by atoms with van der Waals surface area (Å²) < 4.78 is 0. The van der Waals surface area contributed by atoms with Crippen molar-refractivity contribution in [3.63, 3.8) is 0 Å². The van der Waals surface area contributed by atoms with Gasteiger partial charge in [0.25, 0.3) is 0 Å². The molecule has 0 saturated carbocycles. The summed E-state index contributed by atoms with van der Waals surface area (Å²) in [6, 6.07) is 5.40. The molecule has 0 unspecified atom stereocenters. The Labute approximate surface area is 93.7 Å². The molecule has 2 nitrogen and oxygen atoms in total. The van der Waals surface area contributed by atoms with E-state index in [9.17, 15) is 0 Å². The van der Waals surface area contributed by atoms with Crippen LogP contribution in [0.1, 0.15) is 19.4 Å². The quantitative estimate of drug-likeness (QED) is 0.616. The topological polar surface area (TPSA) is 38.4 Å². The molecule has 0 aliphatic heterocycles. The molecule has 0 saturated heterocycles. The Morgan fingerprint density at radius 2 is 1.93 bits per heavy atom. The summed E-state index contributed by atoms with van der Waals surface area (Å²) in [6.45, 7) is 3.93. The molecule has 2 N–H and O–H groups in total. The Morgan fingerprint density at radius 1 is 1.29 bits per heavy atom. The Kier molecular flexibility index (Phi) is 3.78. The third-order valence-corrected chi connectivity index (χ3v) is 2.35. The summed E-state index contributed by atoms with van der Waals surface area (Å²) in [5.41, 5.74) is 6.56. The fourth-order valence-corrected chi connectivity index (χ4v) is 1.31. The van der Waals surface area contributed by atoms with Crippen molar-refractivity contribution in [1.29, 1.82) is 0 Å². The number of rotatable bonds is 2. The van der Waals surface area contributed by atoms with E-state index in [2.05, 4.69) is 4.99 Å². The predicted molar refractivity (Wildman–Crippen MR) is 62.3 cm³/mol. The van der Waals surface area contributed by atoms with E-state index in [1.54, 1.807) is 18.2 Å². The fourth-order valence-electron chi connectivity index (χ4n) is 1.01. The summed E-state index contributed by atoms with van der Waals surface area (Å²) >= 11 is 11.6. The van der Waals surface area contributed by atoms with Crippen LogP contribution >= 0.6 is 23.2 Å². The van der Waals surface area contributed by atoms with Gasteiger partial charge in [0.05, 0.1) is 10.0 Å². The van der Waals surface area contributed by atoms with Crippen molar-refractivity contribution in [2.45, 2.75) is 19.9 Å². The molecule has 1 rings (SSSR count). The van der Waals surface area contributed by atoms with Crippen molar-refractivity contribution in [3.8, 4) is 0 Å². The Balaban J connectivity index is 3.03. The largest absolute Gasteiger partial charge is 0.383 e. The molecule has 14 heavy (non-hydrogen) atoms. The van der Waals surface area contributed by atoms with Crippen LogP contribution in [0.25, 0.3) is 0 Å². The minimum atomic E-state index is 0.171. The van der Waals surface area contributed by atoms with E-state index >= 15 is 0 Å². The SMILES string of the molecule is CC(C)N=C(N)c1ccc(Cl)c(Cl)c1. The standard InChI is InChI=1S/C10H12Cl2N2/c1-6(2)14-10(13)7-3-4-8(11)9(12)5-7/h3-6H,1-2H3,(H2,13,14). The number of nitrogens with two attached hydrogens (primary N) is 1. The molecule has 0 fully saturated rings. The van der Waals surface area contributed by atoms with Crippen LogP contribution in [0.4, 0.5) is 0 Å². The maximum absolute atomic E-state index is 5.85. The number of hydrogen-bond acceptors (Lipinski definition) is 1. The van der Waals surface area contributed by atoms with Crippen molar-refractivity contribution in [2.75, 3.05) is 0 Å². The third kappa shape index (κ3) is 2.89. The molecule has 0 aliphatic carbocycles. The second kappa shape index (κ2) is 4.67. The van der Waals surface area contributed by atoms with Gasteiger partial charge in [0, 0.05) is 11.6 Å². The minimum Gasteiger partial charge on any atom is -0.383 e. The molecule has 0 aliphatic rings. The first kappa shape index (κ1) is 11.3. The molecular weight excluding hydrogens is 219 g/mol. The Bertz CT molecular complexity index is 359. The molecule has 0 bridgehead atoms. The zero-order chi connectivity index (χ0) is 10.7. The molecule has 0 spiro atoms. The van der Waals surface area contributed by atoms with E-state index in [1.165, 1.54) is 0 Å². The average Bonchev–Trinajstić information content (AvgIpc) is 2.08. The Morgan fingerprint density at radius 3 is 2.43 bits per heavy atom. The molecule has 0 amide bonds. The van der Waals surface area contributed by atoms with Gasteiger partial charge >= 0.3 is 0 Å². The van der Waals surface area contributed by atoms with E-state index in [0.717, 1.165) is 5.56 Å². The Hall–Kier alpha value is -0.730. The highest BCUT2D eigenvalue weighted by molar-refractivity contribution is 6.42. The molecule has 0 atom stereocenters. The van der Waals surface area contributed by atoms with Gasteiger partial charge in [0.2, 0.25) is 0 Å². The van der Waals surface area contributed by atoms with E-state index in [-0.39, 0.29) is 6.04 Å². The van der Waals surface area contributed by atoms with E-state index in [1.807, 2.05) is 13.8 Å². The first-order valence-corrected chi connectivity index (χ1v) is 5.05. The molecule has 1 aromatic carbocycles. The zero-order valence-electron chi connectivity index (χ0n) is 8.09. The van der Waals surface area contributed by atoms with Gasteiger partial charge in [-0.2, -0.15) is 0 Å². The van der Waals surface area contributed by atoms with Crippen LogP contribution in [0.5, 0.6) is 0 Å². The molecule has 76 valence electrons. The van der Waals surface area contributed by atoms with Crippen LogP contribution in [-0.2, 0) is 0 Å². The van der Waals surface area contributed by atoms with Crippen LogP contribution in [0.15, 0.2) is 23.2 Å². The molecule has 0 radical (unpaired) electrons. The van der Waals surface area contributed by atoms with Crippen molar-refractivity contribution in [2.24, 2.45) is 10.7 Å². The molecule has 1 aromatic rings. The lowest BCUT2D eigenvalue weighted by atomic mass is 10.2. The van der Waals surface area contributed by atoms with E-state index < -0.39 is 0 Å². The van der Waals surface area contributed by atoms with E-state index in [0.29, 0.717) is 15.9 Å². The monoisotopic (exact) mass is 230 g/mol. The van der Waals surface area contributed by atoms with Gasteiger partial charge in [-0.3, -0.25) is 4.99 Å². The summed E-state index contributed by atoms with van der Waals surface area (Å²) in [7, 11) is 0. The van der Waals surface area contributed by atoms with Crippen LogP contribution in [-0.4, -0.2) is 11.9 Å². The second-order valence-electron chi connectivity index (χ2n) is 3.24. The molecule has 0 aromatic heterocycles. The number of benzene rings is 1. The maximum Gasteiger partial charge on any atom is 0.125 e. The lowest BCUT2D eigenvalue weighted by Crippen LogP contribution is -2.15. The van der Waals surface area contributed by atoms with Crippen LogP contribution < -0.4 is 5.73 Å². The van der Waals surface area contributed by atoms with Gasteiger partial charge in [-0.05, 0) is 32.0 Å². The number of hydrogen-bond donors (Lipinski definition) is 1. The first-order chi connectivity index (χ1) is 6.50. The molecule has 0 heterocycles. The highest BCUT2D eigenvalue weighted by Gasteiger charge is 2.03. The van der Waals surface area contributed by atoms with Gasteiger partial charge in [-0.25, -0.2) is 0 Å². The lowest BCUT2D eigenvalue weighted by molar-refractivity contribution is 0.834. The van der Waals surface area contributed by atoms with Crippen molar-refractivity contribution in [3.05, 3.63) is 33.8 Å². The number of amidine groups is 1. The highest BCUT2D eigenvalue weighted by Crippen LogP contribution is 2.22. The molecular formula is C10H12Cl2N2. The predicted octanol–water partition coefficient (Wildman–Crippen LogP) is 3.11. The van der Waals surface area contributed by atoms with Gasteiger partial charge in [0.15, 0.2) is 0 Å². The van der Waals surface area contributed by atoms with Crippen LogP contribution in [0, 0.1) is 0 Å². The summed E-state index contributed by atoms with van der Waals surface area (Å²) in [5, 5.41) is 1.01. The van der Waals surface area contributed by atoms with Crippen LogP contribution in [0.3, 0.4) is 0 Å². The highest BCUT2D eigenvalue weighted by atomic mass is 35.5. The normalized spacial score (nSPS) is 12.2. The smallest absolute Gasteiger partial charge is 0.125 e. The van der Waals surface area contributed by atoms with Crippen molar-refractivity contribution >= 4 is 29.0 Å². The molecule has 4 heteroatoms. The van der Waals surface area contributed by atoms with Crippen LogP contribution in [0.2, 0.25) is 10.0 Å². The first-order valence-electron chi connectivity index (χ1n) is 4.29. The number of aliphatic imine (C=N–C) groups is 1. The average molecular weight is 231 g/mol. The lowest BCUT2D eigenvalue weighted by Gasteiger charge is -2.04. The minimum absolute atomic E-state index is 0.171. The zero-order valence-corrected chi connectivity index (χ0v) is 9.60. The second-order valence-corrected chi connectivity index (χ2v) is 4.05. The van der Waals surface area contributed by atoms with Crippen molar-refractivity contribution in [1.82, 2.24) is 0 Å². The maximum atomic E-state index is 5.85. The van der Waals surface area contributed by atoms with E-state index in [4.69, 9.17) is 28.9 Å². The van der Waals surface area contributed by atoms with Gasteiger partial charge in [0.1, 0.15) is 5.84 Å². The van der Waals surface area contributed by atoms with Gasteiger partial charge in [-0.1, -0.05) is 23.2 Å². The van der Waals surface area contributed by atoms with Gasteiger partial charge in [-0.15, -0.1) is 0 Å². The third-order valence-electron chi connectivity index (χ3n) is 1.61. The summed E-state index contributed by atoms with van der Waals surface area (Å²) in [5.74, 6) is 0.485. The van der Waals surface area contributed by atoms with Crippen molar-refractivity contribution < 1.29 is 0 Å². The van der Waals surface area contributed by atoms with Gasteiger partial charge < -0.3 is 5.73 Å². The number of halogens is 2. The summed E-state index contributed by atoms with van der Waals surface area (Å²) in [6.07, 6.45) is 0. The summed E-state index contributed by atoms with van der Waals surface area (Å²) in [4.78, 5) is 4.21. The fraction of sp³-hybridized carbons (Fsp3) is 0.300. The number of nitrogens with zero attached hydrogens (tertiary/aromatic N) is 1.